The summed E-state index contributed by atoms with van der Waals surface area (Å²) in [5, 5.41) is 6.17. The molecule has 0 unspecified atom stereocenters. The second-order valence-electron chi connectivity index (χ2n) is 4.16. The van der Waals surface area contributed by atoms with E-state index in [1.165, 1.54) is 0 Å². The Labute approximate surface area is 86.0 Å². The zero-order chi connectivity index (χ0) is 10.6. The van der Waals surface area contributed by atoms with Crippen LogP contribution in [0.4, 0.5) is 0 Å². The Morgan fingerprint density at radius 2 is 2.00 bits per heavy atom. The largest absolute Gasteiger partial charge is 0.355 e. The van der Waals surface area contributed by atoms with Gasteiger partial charge in [0.05, 0.1) is 5.54 Å². The number of likely N-dealkylation sites (N-methyl/N-ethyl adjacent to an activating group) is 1. The maximum Gasteiger partial charge on any atom is 0.239 e. The molecule has 0 aliphatic carbocycles. The van der Waals surface area contributed by atoms with Gasteiger partial charge in [0.2, 0.25) is 5.91 Å². The van der Waals surface area contributed by atoms with E-state index in [1.807, 2.05) is 20.8 Å². The number of nitrogens with one attached hydrogen (secondary N) is 2. The quantitative estimate of drug-likeness (QED) is 0.662. The van der Waals surface area contributed by atoms with Crippen molar-refractivity contribution in [2.45, 2.75) is 26.3 Å². The first-order valence-corrected chi connectivity index (χ1v) is 5.33. The van der Waals surface area contributed by atoms with Crippen LogP contribution in [0.15, 0.2) is 0 Å². The Hall–Kier alpha value is -0.610. The molecule has 0 aromatic rings. The van der Waals surface area contributed by atoms with Gasteiger partial charge in [-0.1, -0.05) is 0 Å². The van der Waals surface area contributed by atoms with Crippen molar-refractivity contribution in [1.82, 2.24) is 15.5 Å². The topological polar surface area (TPSA) is 44.4 Å². The normalized spacial score (nSPS) is 19.4. The van der Waals surface area contributed by atoms with Gasteiger partial charge in [-0.05, 0) is 20.8 Å². The highest BCUT2D eigenvalue weighted by Gasteiger charge is 2.34. The Bertz CT molecular complexity index is 198. The average Bonchev–Trinajstić information content (AvgIpc) is 2.19. The first-order valence-electron chi connectivity index (χ1n) is 5.33. The van der Waals surface area contributed by atoms with Gasteiger partial charge < -0.3 is 10.6 Å². The van der Waals surface area contributed by atoms with E-state index < -0.39 is 0 Å². The van der Waals surface area contributed by atoms with Crippen LogP contribution in [0, 0.1) is 0 Å². The Kier molecular flexibility index (Phi) is 3.89. The number of rotatable bonds is 3. The monoisotopic (exact) mass is 199 g/mol. The lowest BCUT2D eigenvalue weighted by atomic mass is 10.0. The molecule has 0 saturated carbocycles. The van der Waals surface area contributed by atoms with Crippen molar-refractivity contribution in [3.8, 4) is 0 Å². The van der Waals surface area contributed by atoms with E-state index in [1.54, 1.807) is 0 Å². The standard InChI is InChI=1S/C10H21N3O/c1-4-12-9(14)10(2,3)13-7-5-11-6-8-13/h11H,4-8H2,1-3H3,(H,12,14). The fourth-order valence-electron chi connectivity index (χ4n) is 1.74. The van der Waals surface area contributed by atoms with Crippen LogP contribution in [-0.4, -0.2) is 49.1 Å². The zero-order valence-electron chi connectivity index (χ0n) is 9.39. The summed E-state index contributed by atoms with van der Waals surface area (Å²) in [5.41, 5.74) is -0.377. The third-order valence-electron chi connectivity index (χ3n) is 2.80. The molecule has 2 N–H and O–H groups in total. The molecule has 0 aromatic carbocycles. The number of nitrogens with zero attached hydrogens (tertiary/aromatic N) is 1. The third-order valence-corrected chi connectivity index (χ3v) is 2.80. The SMILES string of the molecule is CCNC(=O)C(C)(C)N1CCNCC1. The van der Waals surface area contributed by atoms with E-state index in [-0.39, 0.29) is 11.4 Å². The fraction of sp³-hybridized carbons (Fsp3) is 0.900. The average molecular weight is 199 g/mol. The first kappa shape index (κ1) is 11.5. The number of carbonyl (C=O) groups excluding carboxylic acids is 1. The van der Waals surface area contributed by atoms with Gasteiger partial charge in [0.1, 0.15) is 0 Å². The molecule has 0 atom stereocenters. The van der Waals surface area contributed by atoms with Crippen molar-refractivity contribution in [1.29, 1.82) is 0 Å². The highest BCUT2D eigenvalue weighted by atomic mass is 16.2. The summed E-state index contributed by atoms with van der Waals surface area (Å²) >= 11 is 0. The van der Waals surface area contributed by atoms with E-state index in [9.17, 15) is 4.79 Å². The number of hydrogen-bond donors (Lipinski definition) is 2. The summed E-state index contributed by atoms with van der Waals surface area (Å²) in [7, 11) is 0. The van der Waals surface area contributed by atoms with Gasteiger partial charge in [0, 0.05) is 32.7 Å². The van der Waals surface area contributed by atoms with Crippen molar-refractivity contribution < 1.29 is 4.79 Å². The van der Waals surface area contributed by atoms with Crippen LogP contribution < -0.4 is 10.6 Å². The number of piperazine rings is 1. The lowest BCUT2D eigenvalue weighted by Gasteiger charge is -2.39. The minimum Gasteiger partial charge on any atom is -0.355 e. The molecule has 1 aliphatic rings. The summed E-state index contributed by atoms with van der Waals surface area (Å²) in [6.45, 7) is 10.5. The number of hydrogen-bond acceptors (Lipinski definition) is 3. The molecule has 14 heavy (non-hydrogen) atoms. The molecule has 82 valence electrons. The Morgan fingerprint density at radius 3 is 2.50 bits per heavy atom. The molecule has 1 heterocycles. The van der Waals surface area contributed by atoms with E-state index in [2.05, 4.69) is 15.5 Å². The summed E-state index contributed by atoms with van der Waals surface area (Å²) in [6, 6.07) is 0. The molecule has 0 radical (unpaired) electrons. The predicted octanol–water partition coefficient (Wildman–Crippen LogP) is -0.194. The van der Waals surface area contributed by atoms with E-state index >= 15 is 0 Å². The molecule has 1 rings (SSSR count). The van der Waals surface area contributed by atoms with Gasteiger partial charge in [-0.25, -0.2) is 0 Å². The van der Waals surface area contributed by atoms with Crippen LogP contribution in [0.5, 0.6) is 0 Å². The van der Waals surface area contributed by atoms with Crippen LogP contribution in [0.2, 0.25) is 0 Å². The van der Waals surface area contributed by atoms with Crippen LogP contribution in [0.3, 0.4) is 0 Å². The Balaban J connectivity index is 2.57. The molecule has 0 bridgehead atoms. The number of amides is 1. The van der Waals surface area contributed by atoms with Gasteiger partial charge in [-0.2, -0.15) is 0 Å². The van der Waals surface area contributed by atoms with Gasteiger partial charge in [-0.3, -0.25) is 9.69 Å². The highest BCUT2D eigenvalue weighted by Crippen LogP contribution is 2.14. The van der Waals surface area contributed by atoms with Crippen LogP contribution in [-0.2, 0) is 4.79 Å². The van der Waals surface area contributed by atoms with Gasteiger partial charge in [0.15, 0.2) is 0 Å². The third kappa shape index (κ3) is 2.45. The van der Waals surface area contributed by atoms with Crippen LogP contribution in [0.25, 0.3) is 0 Å². The molecule has 4 heteroatoms. The molecule has 1 saturated heterocycles. The maximum absolute atomic E-state index is 11.8. The number of carbonyl (C=O) groups is 1. The van der Waals surface area contributed by atoms with Crippen LogP contribution >= 0.6 is 0 Å². The second-order valence-corrected chi connectivity index (χ2v) is 4.16. The minimum atomic E-state index is -0.377. The highest BCUT2D eigenvalue weighted by molar-refractivity contribution is 5.85. The van der Waals surface area contributed by atoms with E-state index in [0.29, 0.717) is 6.54 Å². The van der Waals surface area contributed by atoms with Crippen molar-refractivity contribution in [2.75, 3.05) is 32.7 Å². The summed E-state index contributed by atoms with van der Waals surface area (Å²) in [6.07, 6.45) is 0. The van der Waals surface area contributed by atoms with Gasteiger partial charge in [0.25, 0.3) is 0 Å². The lowest BCUT2D eigenvalue weighted by molar-refractivity contribution is -0.132. The maximum atomic E-state index is 11.8. The van der Waals surface area contributed by atoms with Gasteiger partial charge in [-0.15, -0.1) is 0 Å². The molecule has 0 spiro atoms. The van der Waals surface area contributed by atoms with Crippen molar-refractivity contribution in [2.24, 2.45) is 0 Å². The second kappa shape index (κ2) is 4.75. The van der Waals surface area contributed by atoms with Crippen molar-refractivity contribution in [3.63, 3.8) is 0 Å². The lowest BCUT2D eigenvalue weighted by Crippen LogP contribution is -2.59. The molecule has 1 fully saturated rings. The smallest absolute Gasteiger partial charge is 0.239 e. The molecule has 1 amide bonds. The molecular formula is C10H21N3O. The minimum absolute atomic E-state index is 0.127. The fourth-order valence-corrected chi connectivity index (χ4v) is 1.74. The van der Waals surface area contributed by atoms with E-state index in [0.717, 1.165) is 26.2 Å². The first-order chi connectivity index (χ1) is 6.59. The Morgan fingerprint density at radius 1 is 1.43 bits per heavy atom. The van der Waals surface area contributed by atoms with E-state index in [4.69, 9.17) is 0 Å². The molecule has 0 aromatic heterocycles. The van der Waals surface area contributed by atoms with Crippen molar-refractivity contribution in [3.05, 3.63) is 0 Å². The van der Waals surface area contributed by atoms with Gasteiger partial charge >= 0.3 is 0 Å². The predicted molar refractivity (Wildman–Crippen MR) is 57.2 cm³/mol. The summed E-state index contributed by atoms with van der Waals surface area (Å²) in [4.78, 5) is 14.0. The summed E-state index contributed by atoms with van der Waals surface area (Å²) < 4.78 is 0. The molecule has 4 nitrogen and oxygen atoms in total. The van der Waals surface area contributed by atoms with Crippen molar-refractivity contribution >= 4 is 5.91 Å². The molecular weight excluding hydrogens is 178 g/mol. The zero-order valence-corrected chi connectivity index (χ0v) is 9.39. The van der Waals surface area contributed by atoms with Crippen LogP contribution in [0.1, 0.15) is 20.8 Å². The summed E-state index contributed by atoms with van der Waals surface area (Å²) in [5.74, 6) is 0.127. The molecule has 1 aliphatic heterocycles.